The Bertz CT molecular complexity index is 897. The number of nitro benzene ring substituents is 1. The van der Waals surface area contributed by atoms with Crippen molar-refractivity contribution in [1.82, 2.24) is 0 Å². The van der Waals surface area contributed by atoms with Crippen molar-refractivity contribution in [3.05, 3.63) is 63.7 Å². The number of rotatable bonds is 7. The van der Waals surface area contributed by atoms with E-state index in [4.69, 9.17) is 10.5 Å². The third kappa shape index (κ3) is 4.85. The Labute approximate surface area is 162 Å². The smallest absolute Gasteiger partial charge is 0.339 e. The molecule has 2 aromatic rings. The second kappa shape index (κ2) is 8.98. The fraction of sp³-hybridized carbons (Fsp3) is 0.300. The number of nitro groups is 1. The molecule has 1 amide bonds. The predicted octanol–water partition coefficient (Wildman–Crippen LogP) is 3.87. The lowest BCUT2D eigenvalue weighted by Crippen LogP contribution is -2.30. The van der Waals surface area contributed by atoms with E-state index in [1.165, 1.54) is 19.1 Å². The van der Waals surface area contributed by atoms with Crippen molar-refractivity contribution in [2.45, 2.75) is 39.2 Å². The largest absolute Gasteiger partial charge is 0.449 e. The number of hydrogen-bond acceptors (Lipinski definition) is 6. The Morgan fingerprint density at radius 2 is 1.89 bits per heavy atom. The summed E-state index contributed by atoms with van der Waals surface area (Å²) in [6.07, 6.45) is -0.179. The zero-order valence-corrected chi connectivity index (χ0v) is 16.0. The van der Waals surface area contributed by atoms with Crippen molar-refractivity contribution in [3.8, 4) is 0 Å². The van der Waals surface area contributed by atoms with Gasteiger partial charge in [-0.05, 0) is 43.0 Å². The number of esters is 1. The number of carbonyl (C=O) groups excluding carboxylic acids is 2. The highest BCUT2D eigenvalue weighted by atomic mass is 16.6. The lowest BCUT2D eigenvalue weighted by molar-refractivity contribution is -0.383. The lowest BCUT2D eigenvalue weighted by Gasteiger charge is -2.18. The molecule has 8 heteroatoms. The Morgan fingerprint density at radius 1 is 1.21 bits per heavy atom. The van der Waals surface area contributed by atoms with Crippen LogP contribution in [-0.4, -0.2) is 22.9 Å². The number of para-hydroxylation sites is 1. The molecule has 148 valence electrons. The minimum atomic E-state index is -1.09. The summed E-state index contributed by atoms with van der Waals surface area (Å²) >= 11 is 0. The summed E-state index contributed by atoms with van der Waals surface area (Å²) in [4.78, 5) is 35.0. The second-order valence-electron chi connectivity index (χ2n) is 6.46. The summed E-state index contributed by atoms with van der Waals surface area (Å²) in [5, 5.41) is 13.7. The van der Waals surface area contributed by atoms with E-state index in [1.807, 2.05) is 18.2 Å². The highest BCUT2D eigenvalue weighted by Gasteiger charge is 2.22. The molecule has 0 aliphatic rings. The first-order valence-electron chi connectivity index (χ1n) is 8.89. The van der Waals surface area contributed by atoms with E-state index in [2.05, 4.69) is 19.2 Å². The molecule has 0 heterocycles. The van der Waals surface area contributed by atoms with Crippen LogP contribution >= 0.6 is 0 Å². The van der Waals surface area contributed by atoms with Crippen LogP contribution in [0.4, 0.5) is 17.1 Å². The molecule has 0 fully saturated rings. The van der Waals surface area contributed by atoms with Gasteiger partial charge in [-0.3, -0.25) is 14.9 Å². The predicted molar refractivity (Wildman–Crippen MR) is 106 cm³/mol. The third-order valence-corrected chi connectivity index (χ3v) is 4.48. The summed E-state index contributed by atoms with van der Waals surface area (Å²) in [5.41, 5.74) is 6.66. The van der Waals surface area contributed by atoms with Crippen LogP contribution in [0, 0.1) is 10.1 Å². The molecule has 0 aliphatic heterocycles. The molecule has 0 radical (unpaired) electrons. The number of nitrogen functional groups attached to an aromatic ring is 1. The molecule has 3 N–H and O–H groups in total. The quantitative estimate of drug-likeness (QED) is 0.322. The number of anilines is 2. The van der Waals surface area contributed by atoms with E-state index < -0.39 is 28.6 Å². The van der Waals surface area contributed by atoms with Gasteiger partial charge in [0, 0.05) is 11.8 Å². The van der Waals surface area contributed by atoms with Crippen LogP contribution in [0.3, 0.4) is 0 Å². The molecule has 0 unspecified atom stereocenters. The van der Waals surface area contributed by atoms with Crippen LogP contribution in [0.15, 0.2) is 42.5 Å². The average molecular weight is 385 g/mol. The number of nitrogens with one attached hydrogen (secondary N) is 1. The lowest BCUT2D eigenvalue weighted by atomic mass is 9.97. The van der Waals surface area contributed by atoms with Crippen molar-refractivity contribution in [2.24, 2.45) is 0 Å². The van der Waals surface area contributed by atoms with E-state index in [1.54, 1.807) is 6.07 Å². The fourth-order valence-corrected chi connectivity index (χ4v) is 2.61. The van der Waals surface area contributed by atoms with Gasteiger partial charge in [-0.1, -0.05) is 32.0 Å². The van der Waals surface area contributed by atoms with Crippen LogP contribution in [0.1, 0.15) is 49.0 Å². The molecule has 2 aromatic carbocycles. The first-order chi connectivity index (χ1) is 13.2. The third-order valence-electron chi connectivity index (χ3n) is 4.48. The number of benzene rings is 2. The normalized spacial score (nSPS) is 12.7. The molecule has 8 nitrogen and oxygen atoms in total. The molecule has 2 atom stereocenters. The highest BCUT2D eigenvalue weighted by molar-refractivity contribution is 5.98. The molecule has 0 aromatic heterocycles. The van der Waals surface area contributed by atoms with Gasteiger partial charge in [0.1, 0.15) is 5.69 Å². The van der Waals surface area contributed by atoms with Crippen molar-refractivity contribution in [1.29, 1.82) is 0 Å². The molecule has 0 saturated heterocycles. The van der Waals surface area contributed by atoms with Gasteiger partial charge >= 0.3 is 5.97 Å². The van der Waals surface area contributed by atoms with Gasteiger partial charge in [-0.25, -0.2) is 4.79 Å². The average Bonchev–Trinajstić information content (AvgIpc) is 2.67. The van der Waals surface area contributed by atoms with Crippen molar-refractivity contribution in [2.75, 3.05) is 11.1 Å². The molecule has 0 bridgehead atoms. The van der Waals surface area contributed by atoms with Crippen LogP contribution in [0.2, 0.25) is 0 Å². The van der Waals surface area contributed by atoms with E-state index >= 15 is 0 Å². The zero-order valence-electron chi connectivity index (χ0n) is 16.0. The van der Waals surface area contributed by atoms with E-state index in [0.29, 0.717) is 5.69 Å². The Kier molecular flexibility index (Phi) is 6.70. The minimum absolute atomic E-state index is 0.0550. The summed E-state index contributed by atoms with van der Waals surface area (Å²) in [5.74, 6) is -1.08. The van der Waals surface area contributed by atoms with Crippen molar-refractivity contribution >= 4 is 28.9 Å². The second-order valence-corrected chi connectivity index (χ2v) is 6.46. The summed E-state index contributed by atoms with van der Waals surface area (Å²) in [7, 11) is 0. The topological polar surface area (TPSA) is 125 Å². The SMILES string of the molecule is CC[C@H](C)c1ccccc1NC(=O)[C@H](C)OC(=O)c1ccc(N)c([N+](=O)[O-])c1. The van der Waals surface area contributed by atoms with Gasteiger partial charge in [0.15, 0.2) is 6.10 Å². The molecule has 0 aliphatic carbocycles. The van der Waals surface area contributed by atoms with Gasteiger partial charge < -0.3 is 15.8 Å². The van der Waals surface area contributed by atoms with Gasteiger partial charge in [0.2, 0.25) is 0 Å². The molecular formula is C20H23N3O5. The summed E-state index contributed by atoms with van der Waals surface area (Å²) < 4.78 is 5.16. The standard InChI is InChI=1S/C20H23N3O5/c1-4-12(2)15-7-5-6-8-17(15)22-19(24)13(3)28-20(25)14-9-10-16(21)18(11-14)23(26)27/h5-13H,4,21H2,1-3H3,(H,22,24)/t12-,13-/m0/s1. The van der Waals surface area contributed by atoms with E-state index in [9.17, 15) is 19.7 Å². The van der Waals surface area contributed by atoms with Crippen molar-refractivity contribution < 1.29 is 19.2 Å². The molecular weight excluding hydrogens is 362 g/mol. The first-order valence-corrected chi connectivity index (χ1v) is 8.89. The number of nitrogens with zero attached hydrogens (tertiary/aromatic N) is 1. The molecule has 28 heavy (non-hydrogen) atoms. The van der Waals surface area contributed by atoms with Gasteiger partial charge in [-0.2, -0.15) is 0 Å². The number of nitrogens with two attached hydrogens (primary N) is 1. The minimum Gasteiger partial charge on any atom is -0.449 e. The summed E-state index contributed by atoms with van der Waals surface area (Å²) in [6.45, 7) is 5.55. The fourth-order valence-electron chi connectivity index (χ4n) is 2.61. The van der Waals surface area contributed by atoms with E-state index in [0.717, 1.165) is 18.1 Å². The summed E-state index contributed by atoms with van der Waals surface area (Å²) in [6, 6.07) is 11.0. The molecule has 0 spiro atoms. The number of hydrogen-bond donors (Lipinski definition) is 2. The maximum absolute atomic E-state index is 12.5. The highest BCUT2D eigenvalue weighted by Crippen LogP contribution is 2.27. The van der Waals surface area contributed by atoms with Crippen LogP contribution in [0.25, 0.3) is 0 Å². The Balaban J connectivity index is 2.10. The van der Waals surface area contributed by atoms with Gasteiger partial charge in [-0.15, -0.1) is 0 Å². The monoisotopic (exact) mass is 385 g/mol. The number of ether oxygens (including phenoxy) is 1. The van der Waals surface area contributed by atoms with Gasteiger partial charge in [0.05, 0.1) is 10.5 Å². The number of amides is 1. The van der Waals surface area contributed by atoms with Crippen molar-refractivity contribution in [3.63, 3.8) is 0 Å². The zero-order chi connectivity index (χ0) is 20.8. The molecule has 0 saturated carbocycles. The van der Waals surface area contributed by atoms with Crippen LogP contribution in [-0.2, 0) is 9.53 Å². The van der Waals surface area contributed by atoms with Crippen LogP contribution < -0.4 is 11.1 Å². The molecule has 2 rings (SSSR count). The Hall–Kier alpha value is -3.42. The van der Waals surface area contributed by atoms with E-state index in [-0.39, 0.29) is 17.2 Å². The van der Waals surface area contributed by atoms with Gasteiger partial charge in [0.25, 0.3) is 11.6 Å². The Morgan fingerprint density at radius 3 is 2.54 bits per heavy atom. The van der Waals surface area contributed by atoms with Crippen LogP contribution in [0.5, 0.6) is 0 Å². The maximum atomic E-state index is 12.5. The number of carbonyl (C=O) groups is 2. The first kappa shape index (κ1) is 20.9. The maximum Gasteiger partial charge on any atom is 0.339 e.